The van der Waals surface area contributed by atoms with Crippen molar-refractivity contribution in [2.75, 3.05) is 19.1 Å². The third kappa shape index (κ3) is 18.7. The minimum atomic E-state index is -4.26. The van der Waals surface area contributed by atoms with Gasteiger partial charge in [0, 0.05) is 0 Å². The van der Waals surface area contributed by atoms with Gasteiger partial charge in [0.25, 0.3) is 0 Å². The van der Waals surface area contributed by atoms with Gasteiger partial charge in [0.2, 0.25) is 0 Å². The number of nitrogens with zero attached hydrogens (tertiary/aromatic N) is 1. The molecule has 0 aromatic rings. The molecule has 0 spiro atoms. The first kappa shape index (κ1) is 25.9. The van der Waals surface area contributed by atoms with Gasteiger partial charge in [-0.15, -0.1) is 0 Å². The molecular formula is C5H24N4O6P2. The van der Waals surface area contributed by atoms with Gasteiger partial charge in [0.1, 0.15) is 12.6 Å². The maximum absolute atomic E-state index is 10.6. The van der Waals surface area contributed by atoms with Crippen LogP contribution in [-0.2, 0) is 9.13 Å². The van der Waals surface area contributed by atoms with E-state index in [0.717, 1.165) is 4.90 Å². The Balaban J connectivity index is -0.000000282. The van der Waals surface area contributed by atoms with E-state index in [1.54, 1.807) is 6.92 Å². The Morgan fingerprint density at radius 2 is 1.18 bits per heavy atom. The average Bonchev–Trinajstić information content (AvgIpc) is 1.78. The van der Waals surface area contributed by atoms with Crippen molar-refractivity contribution in [2.24, 2.45) is 0 Å². The Morgan fingerprint density at radius 3 is 1.35 bits per heavy atom. The van der Waals surface area contributed by atoms with Crippen molar-refractivity contribution in [3.05, 3.63) is 0 Å². The Kier molecular flexibility index (Phi) is 15.4. The molecule has 0 aliphatic heterocycles. The third-order valence-corrected chi connectivity index (χ3v) is 2.85. The van der Waals surface area contributed by atoms with E-state index in [2.05, 4.69) is 0 Å². The predicted octanol–water partition coefficient (Wildman–Crippen LogP) is 0.455. The van der Waals surface area contributed by atoms with Crippen LogP contribution in [0.25, 0.3) is 0 Å². The van der Waals surface area contributed by atoms with Gasteiger partial charge < -0.3 is 38.0 Å². The van der Waals surface area contributed by atoms with E-state index < -0.39 is 27.8 Å². The second-order valence-electron chi connectivity index (χ2n) is 3.01. The van der Waals surface area contributed by atoms with Crippen molar-refractivity contribution < 1.29 is 28.7 Å². The van der Waals surface area contributed by atoms with Gasteiger partial charge in [-0.1, -0.05) is 6.92 Å². The van der Waals surface area contributed by atoms with E-state index in [-0.39, 0.29) is 25.0 Å². The molecule has 0 heterocycles. The fourth-order valence-electron chi connectivity index (χ4n) is 1.02. The number of rotatable bonds is 6. The molecule has 0 saturated heterocycles. The molecule has 17 heavy (non-hydrogen) atoms. The minimum Gasteiger partial charge on any atom is -0.344 e. The molecule has 13 N–H and O–H groups in total. The van der Waals surface area contributed by atoms with Crippen molar-refractivity contribution in [2.45, 2.75) is 13.3 Å². The van der Waals surface area contributed by atoms with Gasteiger partial charge >= 0.3 is 15.2 Å². The van der Waals surface area contributed by atoms with Crippen LogP contribution in [0.15, 0.2) is 0 Å². The lowest BCUT2D eigenvalue weighted by atomic mass is 10.5. The predicted molar refractivity (Wildman–Crippen MR) is 65.9 cm³/mol. The first-order valence-electron chi connectivity index (χ1n) is 3.95. The maximum atomic E-state index is 10.6. The Morgan fingerprint density at radius 1 is 0.882 bits per heavy atom. The Labute approximate surface area is 100 Å². The SMILES string of the molecule is CCCN(CP(=O)(O)O)CP(=O)(O)O.N.N.N. The second-order valence-corrected chi connectivity index (χ2v) is 6.23. The molecule has 0 aromatic carbocycles. The van der Waals surface area contributed by atoms with Crippen LogP contribution in [0.4, 0.5) is 0 Å². The zero-order chi connectivity index (χ0) is 11.4. The van der Waals surface area contributed by atoms with Crippen molar-refractivity contribution in [1.82, 2.24) is 23.4 Å². The highest BCUT2D eigenvalue weighted by molar-refractivity contribution is 7.52. The number of hydrogen-bond acceptors (Lipinski definition) is 6. The highest BCUT2D eigenvalue weighted by Gasteiger charge is 2.24. The van der Waals surface area contributed by atoms with Crippen LogP contribution < -0.4 is 18.5 Å². The molecule has 0 unspecified atom stereocenters. The highest BCUT2D eigenvalue weighted by atomic mass is 31.2. The molecule has 0 aromatic heterocycles. The lowest BCUT2D eigenvalue weighted by Crippen LogP contribution is -2.26. The minimum absolute atomic E-state index is 0. The quantitative estimate of drug-likeness (QED) is 0.335. The van der Waals surface area contributed by atoms with E-state index in [4.69, 9.17) is 19.6 Å². The molecule has 0 aliphatic rings. The normalized spacial score (nSPS) is 11.2. The van der Waals surface area contributed by atoms with Crippen LogP contribution in [0.1, 0.15) is 13.3 Å². The van der Waals surface area contributed by atoms with Crippen molar-refractivity contribution >= 4 is 15.2 Å². The summed E-state index contributed by atoms with van der Waals surface area (Å²) in [4.78, 5) is 35.6. The van der Waals surface area contributed by atoms with Crippen LogP contribution in [-0.4, -0.2) is 43.6 Å². The molecule has 10 nitrogen and oxygen atoms in total. The molecule has 0 radical (unpaired) electrons. The molecule has 0 saturated carbocycles. The summed E-state index contributed by atoms with van der Waals surface area (Å²) < 4.78 is 21.2. The van der Waals surface area contributed by atoms with Gasteiger partial charge in [-0.2, -0.15) is 0 Å². The summed E-state index contributed by atoms with van der Waals surface area (Å²) in [7, 11) is -8.51. The van der Waals surface area contributed by atoms with E-state index in [1.165, 1.54) is 0 Å². The monoisotopic (exact) mass is 298 g/mol. The Hall–Kier alpha value is 0.140. The van der Waals surface area contributed by atoms with E-state index >= 15 is 0 Å². The van der Waals surface area contributed by atoms with Crippen LogP contribution >= 0.6 is 15.2 Å². The smallest absolute Gasteiger partial charge is 0.339 e. The molecule has 0 bridgehead atoms. The van der Waals surface area contributed by atoms with Crippen LogP contribution in [0.3, 0.4) is 0 Å². The molecule has 0 rings (SSSR count). The molecule has 0 aliphatic carbocycles. The fraction of sp³-hybridized carbons (Fsp3) is 1.00. The third-order valence-electron chi connectivity index (χ3n) is 1.31. The summed E-state index contributed by atoms with van der Waals surface area (Å²) in [5.41, 5.74) is 0. The van der Waals surface area contributed by atoms with Gasteiger partial charge in [-0.25, -0.2) is 0 Å². The summed E-state index contributed by atoms with van der Waals surface area (Å²) in [6.45, 7) is 2.00. The van der Waals surface area contributed by atoms with Crippen LogP contribution in [0, 0.1) is 0 Å². The second kappa shape index (κ2) is 10.1. The average molecular weight is 298 g/mol. The van der Waals surface area contributed by atoms with Crippen molar-refractivity contribution in [1.29, 1.82) is 0 Å². The van der Waals surface area contributed by atoms with Gasteiger partial charge in [-0.05, 0) is 13.0 Å². The van der Waals surface area contributed by atoms with Crippen LogP contribution in [0.2, 0.25) is 0 Å². The first-order valence-corrected chi connectivity index (χ1v) is 7.55. The number of hydrogen-bond donors (Lipinski definition) is 7. The lowest BCUT2D eigenvalue weighted by Gasteiger charge is -2.21. The van der Waals surface area contributed by atoms with E-state index in [0.29, 0.717) is 6.42 Å². The van der Waals surface area contributed by atoms with Crippen molar-refractivity contribution in [3.63, 3.8) is 0 Å². The summed E-state index contributed by atoms with van der Waals surface area (Å²) in [6, 6.07) is 0. The summed E-state index contributed by atoms with van der Waals surface area (Å²) >= 11 is 0. The summed E-state index contributed by atoms with van der Waals surface area (Å²) in [6.07, 6.45) is -0.669. The Bertz CT molecular complexity index is 241. The topological polar surface area (TPSA) is 223 Å². The molecule has 12 heteroatoms. The van der Waals surface area contributed by atoms with Gasteiger partial charge in [-0.3, -0.25) is 14.0 Å². The first-order chi connectivity index (χ1) is 6.14. The zero-order valence-electron chi connectivity index (χ0n) is 9.90. The maximum Gasteiger partial charge on any atom is 0.339 e. The van der Waals surface area contributed by atoms with Crippen molar-refractivity contribution in [3.8, 4) is 0 Å². The largest absolute Gasteiger partial charge is 0.344 e. The summed E-state index contributed by atoms with van der Waals surface area (Å²) in [5.74, 6) is 0. The molecule has 110 valence electrons. The molecule has 0 fully saturated rings. The molecular weight excluding hydrogens is 274 g/mol. The molecule has 0 amide bonds. The van der Waals surface area contributed by atoms with E-state index in [9.17, 15) is 9.13 Å². The lowest BCUT2D eigenvalue weighted by molar-refractivity contribution is 0.278. The standard InChI is InChI=1S/C5H15NO6P2.3H3N/c1-2-3-6(4-13(7,8)9)5-14(10,11)12;;;/h2-5H2,1H3,(H2,7,8,9)(H2,10,11,12);3*1H3. The summed E-state index contributed by atoms with van der Waals surface area (Å²) in [5, 5.41) is 0. The van der Waals surface area contributed by atoms with Gasteiger partial charge in [0.15, 0.2) is 0 Å². The van der Waals surface area contributed by atoms with Crippen LogP contribution in [0.5, 0.6) is 0 Å². The van der Waals surface area contributed by atoms with Gasteiger partial charge in [0.05, 0.1) is 0 Å². The zero-order valence-corrected chi connectivity index (χ0v) is 11.7. The highest BCUT2D eigenvalue weighted by Crippen LogP contribution is 2.40. The fourth-order valence-corrected chi connectivity index (χ4v) is 2.71. The van der Waals surface area contributed by atoms with E-state index in [1.807, 2.05) is 0 Å². The molecule has 0 atom stereocenters.